The molecular formula is C20H36O2. The van der Waals surface area contributed by atoms with Crippen molar-refractivity contribution in [1.29, 1.82) is 0 Å². The highest BCUT2D eigenvalue weighted by Gasteiger charge is 2.35. The molecule has 22 heavy (non-hydrogen) atoms. The number of allylic oxidation sites excluding steroid dienone is 2. The van der Waals surface area contributed by atoms with Crippen LogP contribution in [0.1, 0.15) is 103 Å². The van der Waals surface area contributed by atoms with Crippen LogP contribution < -0.4 is 0 Å². The summed E-state index contributed by atoms with van der Waals surface area (Å²) < 4.78 is 0. The van der Waals surface area contributed by atoms with Gasteiger partial charge in [0.1, 0.15) is 0 Å². The molecule has 1 N–H and O–H groups in total. The molecule has 1 aliphatic rings. The molecule has 2 heteroatoms. The lowest BCUT2D eigenvalue weighted by Crippen LogP contribution is -2.20. The number of unbranched alkanes of at least 4 members (excludes halogenated alkanes) is 7. The maximum Gasteiger partial charge on any atom is 0.303 e. The van der Waals surface area contributed by atoms with Crippen LogP contribution in [-0.4, -0.2) is 11.1 Å². The van der Waals surface area contributed by atoms with Gasteiger partial charge in [-0.3, -0.25) is 4.79 Å². The van der Waals surface area contributed by atoms with Crippen LogP contribution in [0.4, 0.5) is 0 Å². The van der Waals surface area contributed by atoms with Gasteiger partial charge in [0, 0.05) is 0 Å². The van der Waals surface area contributed by atoms with Crippen molar-refractivity contribution in [3.8, 4) is 0 Å². The predicted molar refractivity (Wildman–Crippen MR) is 94.1 cm³/mol. The van der Waals surface area contributed by atoms with Gasteiger partial charge in [0.25, 0.3) is 0 Å². The molecule has 0 saturated heterocycles. The van der Waals surface area contributed by atoms with Crippen LogP contribution in [0, 0.1) is 5.41 Å². The van der Waals surface area contributed by atoms with E-state index < -0.39 is 5.97 Å². The number of carboxylic acid groups (broad SMARTS) is 1. The smallest absolute Gasteiger partial charge is 0.303 e. The third-order valence-electron chi connectivity index (χ3n) is 5.16. The largest absolute Gasteiger partial charge is 0.481 e. The summed E-state index contributed by atoms with van der Waals surface area (Å²) in [7, 11) is 0. The molecule has 1 aliphatic carbocycles. The molecule has 2 nitrogen and oxygen atoms in total. The van der Waals surface area contributed by atoms with Crippen LogP contribution in [0.15, 0.2) is 12.2 Å². The van der Waals surface area contributed by atoms with Crippen LogP contribution in [-0.2, 0) is 4.79 Å². The SMILES string of the molecule is CCCCCCC=CCCCCCC1(CC(=O)O)CCCC1. The van der Waals surface area contributed by atoms with Gasteiger partial charge in [-0.25, -0.2) is 0 Å². The van der Waals surface area contributed by atoms with Gasteiger partial charge in [0.05, 0.1) is 6.42 Å². The second-order valence-electron chi connectivity index (χ2n) is 7.20. The average molecular weight is 309 g/mol. The van der Waals surface area contributed by atoms with Gasteiger partial charge in [-0.15, -0.1) is 0 Å². The predicted octanol–water partition coefficient (Wildman–Crippen LogP) is 6.50. The summed E-state index contributed by atoms with van der Waals surface area (Å²) >= 11 is 0. The minimum atomic E-state index is -0.604. The first-order valence-corrected chi connectivity index (χ1v) is 9.55. The molecule has 1 fully saturated rings. The van der Waals surface area contributed by atoms with Crippen LogP contribution in [0.2, 0.25) is 0 Å². The molecule has 1 rings (SSSR count). The Balaban J connectivity index is 2.02. The van der Waals surface area contributed by atoms with Crippen molar-refractivity contribution < 1.29 is 9.90 Å². The highest BCUT2D eigenvalue weighted by Crippen LogP contribution is 2.45. The zero-order valence-electron chi connectivity index (χ0n) is 14.6. The molecule has 0 aromatic carbocycles. The molecule has 0 atom stereocenters. The Labute approximate surface area is 137 Å². The second kappa shape index (κ2) is 11.7. The van der Waals surface area contributed by atoms with E-state index in [9.17, 15) is 4.79 Å². The summed E-state index contributed by atoms with van der Waals surface area (Å²) in [6.45, 7) is 2.25. The summed E-state index contributed by atoms with van der Waals surface area (Å²) in [5.74, 6) is -0.604. The van der Waals surface area contributed by atoms with E-state index in [-0.39, 0.29) is 5.41 Å². The fourth-order valence-electron chi connectivity index (χ4n) is 3.82. The van der Waals surface area contributed by atoms with Gasteiger partial charge in [0.2, 0.25) is 0 Å². The highest BCUT2D eigenvalue weighted by atomic mass is 16.4. The third-order valence-corrected chi connectivity index (χ3v) is 5.16. The Morgan fingerprint density at radius 3 is 2.09 bits per heavy atom. The van der Waals surface area contributed by atoms with Crippen molar-refractivity contribution in [2.75, 3.05) is 0 Å². The zero-order chi connectivity index (χ0) is 16.1. The lowest BCUT2D eigenvalue weighted by Gasteiger charge is -2.27. The lowest BCUT2D eigenvalue weighted by molar-refractivity contribution is -0.139. The van der Waals surface area contributed by atoms with Gasteiger partial charge in [-0.05, 0) is 50.4 Å². The fourth-order valence-corrected chi connectivity index (χ4v) is 3.82. The second-order valence-corrected chi connectivity index (χ2v) is 7.20. The molecule has 0 aromatic heterocycles. The van der Waals surface area contributed by atoms with Crippen molar-refractivity contribution in [3.63, 3.8) is 0 Å². The maximum absolute atomic E-state index is 11.1. The van der Waals surface area contributed by atoms with Crippen molar-refractivity contribution in [1.82, 2.24) is 0 Å². The van der Waals surface area contributed by atoms with Crippen LogP contribution in [0.5, 0.6) is 0 Å². The maximum atomic E-state index is 11.1. The topological polar surface area (TPSA) is 37.3 Å². The molecular weight excluding hydrogens is 272 g/mol. The lowest BCUT2D eigenvalue weighted by atomic mass is 9.78. The van der Waals surface area contributed by atoms with E-state index in [0.29, 0.717) is 6.42 Å². The van der Waals surface area contributed by atoms with Gasteiger partial charge in [-0.2, -0.15) is 0 Å². The molecule has 1 saturated carbocycles. The number of aliphatic carboxylic acids is 1. The Morgan fingerprint density at radius 2 is 1.55 bits per heavy atom. The monoisotopic (exact) mass is 308 g/mol. The molecule has 0 aromatic rings. The van der Waals surface area contributed by atoms with E-state index in [4.69, 9.17) is 5.11 Å². The average Bonchev–Trinajstić information content (AvgIpc) is 2.92. The summed E-state index contributed by atoms with van der Waals surface area (Å²) in [6, 6.07) is 0. The van der Waals surface area contributed by atoms with E-state index in [1.54, 1.807) is 0 Å². The Bertz CT molecular complexity index is 314. The Morgan fingerprint density at radius 1 is 0.955 bits per heavy atom. The van der Waals surface area contributed by atoms with Crippen molar-refractivity contribution in [3.05, 3.63) is 12.2 Å². The van der Waals surface area contributed by atoms with Crippen LogP contribution >= 0.6 is 0 Å². The highest BCUT2D eigenvalue weighted by molar-refractivity contribution is 5.67. The van der Waals surface area contributed by atoms with E-state index in [1.807, 2.05) is 0 Å². The van der Waals surface area contributed by atoms with Gasteiger partial charge in [0.15, 0.2) is 0 Å². The van der Waals surface area contributed by atoms with E-state index in [2.05, 4.69) is 19.1 Å². The quantitative estimate of drug-likeness (QED) is 0.311. The van der Waals surface area contributed by atoms with Crippen LogP contribution in [0.3, 0.4) is 0 Å². The van der Waals surface area contributed by atoms with E-state index in [1.165, 1.54) is 70.6 Å². The molecule has 0 bridgehead atoms. The zero-order valence-corrected chi connectivity index (χ0v) is 14.6. The third kappa shape index (κ3) is 8.60. The first-order valence-electron chi connectivity index (χ1n) is 9.55. The van der Waals surface area contributed by atoms with E-state index >= 15 is 0 Å². The van der Waals surface area contributed by atoms with Crippen molar-refractivity contribution in [2.45, 2.75) is 103 Å². The standard InChI is InChI=1S/C20H36O2/c1-2-3-4-5-6-7-8-9-10-11-12-15-20(18-19(21)22)16-13-14-17-20/h7-8H,2-6,9-18H2,1H3,(H,21,22). The van der Waals surface area contributed by atoms with E-state index in [0.717, 1.165) is 19.3 Å². The number of rotatable bonds is 13. The van der Waals surface area contributed by atoms with Gasteiger partial charge >= 0.3 is 5.97 Å². The van der Waals surface area contributed by atoms with Crippen molar-refractivity contribution >= 4 is 5.97 Å². The number of carboxylic acids is 1. The minimum absolute atomic E-state index is 0.140. The number of carbonyl (C=O) groups is 1. The molecule has 0 amide bonds. The first kappa shape index (κ1) is 19.3. The molecule has 0 heterocycles. The van der Waals surface area contributed by atoms with Crippen LogP contribution in [0.25, 0.3) is 0 Å². The van der Waals surface area contributed by atoms with Gasteiger partial charge in [-0.1, -0.05) is 64.0 Å². The first-order chi connectivity index (χ1) is 10.7. The Hall–Kier alpha value is -0.790. The summed E-state index contributed by atoms with van der Waals surface area (Å²) in [5.41, 5.74) is 0.140. The minimum Gasteiger partial charge on any atom is -0.481 e. The molecule has 128 valence electrons. The molecule has 0 radical (unpaired) electrons. The fraction of sp³-hybridized carbons (Fsp3) is 0.850. The normalized spacial score (nSPS) is 17.3. The molecule has 0 aliphatic heterocycles. The van der Waals surface area contributed by atoms with Gasteiger partial charge < -0.3 is 5.11 Å². The summed E-state index contributed by atoms with van der Waals surface area (Å²) in [4.78, 5) is 11.1. The number of hydrogen-bond donors (Lipinski definition) is 1. The number of hydrogen-bond acceptors (Lipinski definition) is 1. The summed E-state index contributed by atoms with van der Waals surface area (Å²) in [6.07, 6.45) is 22.5. The molecule has 0 spiro atoms. The molecule has 0 unspecified atom stereocenters. The summed E-state index contributed by atoms with van der Waals surface area (Å²) in [5, 5.41) is 9.11. The van der Waals surface area contributed by atoms with Crippen molar-refractivity contribution in [2.24, 2.45) is 5.41 Å². The Kier molecular flexibility index (Phi) is 10.3.